The molecule has 3 aliphatic heterocycles. The van der Waals surface area contributed by atoms with Crippen LogP contribution in [-0.2, 0) is 24.9 Å². The molecule has 3 heterocycles. The third-order valence-electron chi connectivity index (χ3n) is 6.13. The number of carbonyl (C=O) groups excluding carboxylic acids is 3. The number of amides is 2. The van der Waals surface area contributed by atoms with Crippen molar-refractivity contribution in [3.05, 3.63) is 35.4 Å². The van der Waals surface area contributed by atoms with E-state index in [2.05, 4.69) is 29.3 Å². The molecule has 1 aromatic rings. The Hall–Kier alpha value is -2.35. The number of methoxy groups -OCH3 is 1. The third kappa shape index (κ3) is 2.50. The third-order valence-corrected chi connectivity index (χ3v) is 7.19. The first-order valence-electron chi connectivity index (χ1n) is 9.22. The van der Waals surface area contributed by atoms with Gasteiger partial charge in [0.1, 0.15) is 5.54 Å². The molecular weight excluding hydrogens is 378 g/mol. The Labute approximate surface area is 168 Å². The fourth-order valence-electron chi connectivity index (χ4n) is 4.63. The summed E-state index contributed by atoms with van der Waals surface area (Å²) in [5, 5.41) is 0.691. The summed E-state index contributed by atoms with van der Waals surface area (Å²) < 4.78 is 5.07. The van der Waals surface area contributed by atoms with Crippen molar-refractivity contribution in [1.82, 2.24) is 9.80 Å². The lowest BCUT2D eigenvalue weighted by Gasteiger charge is -2.37. The zero-order valence-electron chi connectivity index (χ0n) is 16.3. The second kappa shape index (κ2) is 6.62. The van der Waals surface area contributed by atoms with Crippen molar-refractivity contribution >= 4 is 34.7 Å². The average Bonchev–Trinajstić information content (AvgIpc) is 3.29. The molecule has 2 fully saturated rings. The van der Waals surface area contributed by atoms with Crippen LogP contribution in [0.25, 0.3) is 0 Å². The van der Waals surface area contributed by atoms with Crippen molar-refractivity contribution < 1.29 is 19.1 Å². The fourth-order valence-corrected chi connectivity index (χ4v) is 5.75. The van der Waals surface area contributed by atoms with Gasteiger partial charge in [-0.05, 0) is 19.4 Å². The van der Waals surface area contributed by atoms with Gasteiger partial charge in [-0.3, -0.25) is 19.5 Å². The van der Waals surface area contributed by atoms with Crippen LogP contribution in [0.1, 0.15) is 18.1 Å². The quantitative estimate of drug-likeness (QED) is 0.563. The molecule has 7 nitrogen and oxygen atoms in total. The number of benzene rings is 1. The molecule has 0 bridgehead atoms. The summed E-state index contributed by atoms with van der Waals surface area (Å²) in [6.45, 7) is 4.14. The number of carbonyl (C=O) groups is 3. The number of esters is 1. The summed E-state index contributed by atoms with van der Waals surface area (Å²) >= 11 is 1.52. The van der Waals surface area contributed by atoms with Crippen LogP contribution >= 0.6 is 11.8 Å². The fraction of sp³-hybridized carbons (Fsp3) is 0.500. The molecule has 3 aliphatic rings. The summed E-state index contributed by atoms with van der Waals surface area (Å²) in [5.41, 5.74) is 1.10. The molecule has 148 valence electrons. The van der Waals surface area contributed by atoms with Gasteiger partial charge >= 0.3 is 5.97 Å². The Morgan fingerprint density at radius 2 is 1.96 bits per heavy atom. The van der Waals surface area contributed by atoms with Gasteiger partial charge in [-0.25, -0.2) is 4.79 Å². The van der Waals surface area contributed by atoms with Gasteiger partial charge in [-0.15, -0.1) is 0 Å². The maximum Gasteiger partial charge on any atom is 0.332 e. The van der Waals surface area contributed by atoms with E-state index < -0.39 is 23.3 Å². The van der Waals surface area contributed by atoms with Gasteiger partial charge in [0.05, 0.1) is 31.5 Å². The molecule has 0 aliphatic carbocycles. The van der Waals surface area contributed by atoms with E-state index in [9.17, 15) is 14.4 Å². The molecule has 4 rings (SSSR count). The summed E-state index contributed by atoms with van der Waals surface area (Å²) in [5.74, 6) is -1.68. The highest BCUT2D eigenvalue weighted by atomic mass is 32.2. The number of amidine groups is 1. The van der Waals surface area contributed by atoms with E-state index >= 15 is 0 Å². The molecule has 28 heavy (non-hydrogen) atoms. The van der Waals surface area contributed by atoms with Crippen molar-refractivity contribution in [1.29, 1.82) is 0 Å². The first-order valence-corrected chi connectivity index (χ1v) is 10.2. The first kappa shape index (κ1) is 19.0. The Kier molecular flexibility index (Phi) is 4.49. The minimum atomic E-state index is -1.24. The van der Waals surface area contributed by atoms with Crippen LogP contribution < -0.4 is 0 Å². The second-order valence-electron chi connectivity index (χ2n) is 7.71. The molecule has 0 spiro atoms. The molecule has 2 saturated heterocycles. The van der Waals surface area contributed by atoms with Crippen LogP contribution in [0.4, 0.5) is 0 Å². The average molecular weight is 401 g/mol. The molecule has 4 atom stereocenters. The number of nitrogens with zero attached hydrogens (tertiary/aromatic N) is 3. The standard InChI is InChI=1S/C20H23N3O4S/c1-11-5-7-12(8-6-11)10-28-19-21-9-13-14-15(17(25)22(3)16(14)24)20(2,23(13)19)18(26)27-4/h5-8,13-15H,9-10H2,1-4H3/t13-,14+,15-,20-/m1/s1. The zero-order chi connectivity index (χ0) is 20.2. The van der Waals surface area contributed by atoms with E-state index in [0.717, 1.165) is 10.5 Å². The Morgan fingerprint density at radius 3 is 2.61 bits per heavy atom. The summed E-state index contributed by atoms with van der Waals surface area (Å²) in [6.07, 6.45) is 0. The van der Waals surface area contributed by atoms with Crippen LogP contribution in [0.5, 0.6) is 0 Å². The van der Waals surface area contributed by atoms with Gasteiger partial charge in [-0.1, -0.05) is 41.6 Å². The smallest absolute Gasteiger partial charge is 0.332 e. The van der Waals surface area contributed by atoms with E-state index in [4.69, 9.17) is 4.74 Å². The SMILES string of the molecule is COC(=O)[C@@]1(C)[C@H]2C(=O)N(C)C(=O)[C@H]2[C@H]2CN=C(SCc3ccc(C)cc3)N21. The van der Waals surface area contributed by atoms with Crippen LogP contribution in [-0.4, -0.2) is 65.0 Å². The summed E-state index contributed by atoms with van der Waals surface area (Å²) in [4.78, 5) is 46.0. The highest BCUT2D eigenvalue weighted by molar-refractivity contribution is 8.13. The maximum absolute atomic E-state index is 12.8. The lowest BCUT2D eigenvalue weighted by Crippen LogP contribution is -2.57. The first-order chi connectivity index (χ1) is 13.3. The molecule has 2 amide bonds. The molecule has 1 aromatic carbocycles. The van der Waals surface area contributed by atoms with E-state index in [-0.39, 0.29) is 17.9 Å². The summed E-state index contributed by atoms with van der Waals surface area (Å²) in [6, 6.07) is 7.95. The van der Waals surface area contributed by atoms with Gasteiger partial charge in [0.2, 0.25) is 11.8 Å². The highest BCUT2D eigenvalue weighted by Crippen LogP contribution is 2.52. The van der Waals surface area contributed by atoms with Crippen molar-refractivity contribution in [2.45, 2.75) is 31.2 Å². The van der Waals surface area contributed by atoms with Crippen molar-refractivity contribution in [3.63, 3.8) is 0 Å². The number of thioether (sulfide) groups is 1. The predicted octanol–water partition coefficient (Wildman–Crippen LogP) is 1.44. The van der Waals surface area contributed by atoms with Crippen LogP contribution in [0.3, 0.4) is 0 Å². The topological polar surface area (TPSA) is 79.3 Å². The second-order valence-corrected chi connectivity index (χ2v) is 8.66. The Bertz CT molecular complexity index is 884. The van der Waals surface area contributed by atoms with Gasteiger partial charge < -0.3 is 9.64 Å². The number of imide groups is 1. The molecule has 0 unspecified atom stereocenters. The predicted molar refractivity (Wildman–Crippen MR) is 106 cm³/mol. The molecule has 0 saturated carbocycles. The normalized spacial score (nSPS) is 31.1. The van der Waals surface area contributed by atoms with Gasteiger partial charge in [-0.2, -0.15) is 0 Å². The van der Waals surface area contributed by atoms with E-state index in [1.807, 2.05) is 11.8 Å². The number of hydrogen-bond acceptors (Lipinski definition) is 7. The van der Waals surface area contributed by atoms with Crippen LogP contribution in [0.2, 0.25) is 0 Å². The maximum atomic E-state index is 12.8. The molecular formula is C20H23N3O4S. The Morgan fingerprint density at radius 1 is 1.29 bits per heavy atom. The minimum Gasteiger partial charge on any atom is -0.467 e. The van der Waals surface area contributed by atoms with Crippen LogP contribution in [0, 0.1) is 18.8 Å². The zero-order valence-corrected chi connectivity index (χ0v) is 17.2. The largest absolute Gasteiger partial charge is 0.467 e. The van der Waals surface area contributed by atoms with Crippen molar-refractivity contribution in [2.75, 3.05) is 20.7 Å². The minimum absolute atomic E-state index is 0.238. The number of likely N-dealkylation sites (tertiary alicyclic amines) is 1. The molecule has 0 N–H and O–H groups in total. The number of rotatable bonds is 3. The number of hydrogen-bond donors (Lipinski definition) is 0. The number of fused-ring (bicyclic) bond motifs is 3. The van der Waals surface area contributed by atoms with Crippen LogP contribution in [0.15, 0.2) is 29.3 Å². The molecule has 8 heteroatoms. The number of ether oxygens (including phenoxy) is 1. The van der Waals surface area contributed by atoms with Crippen molar-refractivity contribution in [2.24, 2.45) is 16.8 Å². The summed E-state index contributed by atoms with van der Waals surface area (Å²) in [7, 11) is 2.79. The van der Waals surface area contributed by atoms with Crippen molar-refractivity contribution in [3.8, 4) is 0 Å². The van der Waals surface area contributed by atoms with Gasteiger partial charge in [0.15, 0.2) is 5.17 Å². The highest BCUT2D eigenvalue weighted by Gasteiger charge is 2.71. The Balaban J connectivity index is 1.65. The van der Waals surface area contributed by atoms with Gasteiger partial charge in [0, 0.05) is 12.8 Å². The lowest BCUT2D eigenvalue weighted by atomic mass is 9.81. The van der Waals surface area contributed by atoms with E-state index in [1.165, 1.54) is 31.5 Å². The monoisotopic (exact) mass is 401 g/mol. The number of aliphatic imine (C=N–C) groups is 1. The van der Waals surface area contributed by atoms with E-state index in [1.54, 1.807) is 6.92 Å². The lowest BCUT2D eigenvalue weighted by molar-refractivity contribution is -0.156. The van der Waals surface area contributed by atoms with E-state index in [0.29, 0.717) is 17.5 Å². The molecule has 0 radical (unpaired) electrons. The molecule has 0 aromatic heterocycles. The number of aryl methyl sites for hydroxylation is 1. The van der Waals surface area contributed by atoms with Gasteiger partial charge in [0.25, 0.3) is 0 Å².